The van der Waals surface area contributed by atoms with Gasteiger partial charge in [-0.1, -0.05) is 40.0 Å². The first-order valence-electron chi connectivity index (χ1n) is 10.5. The van der Waals surface area contributed by atoms with E-state index in [0.717, 1.165) is 6.54 Å². The van der Waals surface area contributed by atoms with Gasteiger partial charge in [0.15, 0.2) is 0 Å². The second kappa shape index (κ2) is 19.1. The highest BCUT2D eigenvalue weighted by molar-refractivity contribution is 4.58. The van der Waals surface area contributed by atoms with Crippen LogP contribution in [0.2, 0.25) is 0 Å². The fraction of sp³-hybridized carbons (Fsp3) is 1.00. The molecule has 0 unspecified atom stereocenters. The second-order valence-electron chi connectivity index (χ2n) is 7.29. The highest BCUT2D eigenvalue weighted by Crippen LogP contribution is 2.16. The van der Waals surface area contributed by atoms with Crippen molar-refractivity contribution in [2.24, 2.45) is 0 Å². The summed E-state index contributed by atoms with van der Waals surface area (Å²) in [4.78, 5) is 2.18. The minimum absolute atomic E-state index is 0. The molecule has 0 saturated heterocycles. The molecular weight excluding hydrogens is 380 g/mol. The number of nitrogens with zero attached hydrogens (tertiary/aromatic N) is 2. The summed E-state index contributed by atoms with van der Waals surface area (Å²) in [5, 5.41) is 18.2. The molecule has 0 atom stereocenters. The molecule has 0 amide bonds. The van der Waals surface area contributed by atoms with Crippen molar-refractivity contribution in [3.8, 4) is 0 Å². The number of hydrogen-bond donors (Lipinski definition) is 2. The van der Waals surface area contributed by atoms with Crippen molar-refractivity contribution < 1.29 is 31.7 Å². The lowest BCUT2D eigenvalue weighted by molar-refractivity contribution is -0.929. The number of unbranched alkanes of at least 4 members (excludes halogenated alkanes) is 4. The number of halogens is 1. The Morgan fingerprint density at radius 1 is 0.600 bits per heavy atom. The van der Waals surface area contributed by atoms with E-state index in [1.54, 1.807) is 0 Å². The Hall–Kier alpha value is 0.320. The maximum Gasteiger partial charge on any atom is 0.0787 e. The van der Waals surface area contributed by atoms with E-state index in [1.165, 1.54) is 82.0 Å². The number of quaternary nitrogens is 1. The molecule has 0 spiro atoms. The number of rotatable bonds is 18. The third-order valence-electron chi connectivity index (χ3n) is 5.15. The lowest BCUT2D eigenvalue weighted by Gasteiger charge is -2.39. The predicted molar refractivity (Wildman–Crippen MR) is 104 cm³/mol. The summed E-state index contributed by atoms with van der Waals surface area (Å²) in [7, 11) is 0. The summed E-state index contributed by atoms with van der Waals surface area (Å²) in [5.41, 5.74) is 0. The van der Waals surface area contributed by atoms with Crippen LogP contribution in [0.15, 0.2) is 0 Å². The molecule has 0 rings (SSSR count). The van der Waals surface area contributed by atoms with Crippen molar-refractivity contribution in [1.82, 2.24) is 4.90 Å². The van der Waals surface area contributed by atoms with E-state index in [4.69, 9.17) is 10.2 Å². The molecule has 25 heavy (non-hydrogen) atoms. The monoisotopic (exact) mass is 424 g/mol. The van der Waals surface area contributed by atoms with E-state index in [1.807, 2.05) is 0 Å². The summed E-state index contributed by atoms with van der Waals surface area (Å²) < 4.78 is 1.32. The van der Waals surface area contributed by atoms with Crippen LogP contribution in [-0.4, -0.2) is 78.6 Å². The zero-order chi connectivity index (χ0) is 18.1. The summed E-state index contributed by atoms with van der Waals surface area (Å²) in [6.07, 6.45) is 10.3. The molecule has 0 aliphatic carbocycles. The number of hydrogen-bond acceptors (Lipinski definition) is 3. The fourth-order valence-corrected chi connectivity index (χ4v) is 3.55. The zero-order valence-corrected chi connectivity index (χ0v) is 18.8. The molecule has 0 aromatic carbocycles. The molecule has 154 valence electrons. The standard InChI is InChI=1S/C20H45N2O2.BrH/c1-4-7-15-22(16-8-5-2,17-9-6-3)18-11-10-12-21(13-19-23)14-20-24;/h23-24H,4-20H2,1-3H3;1H/q+1;/p-1. The fourth-order valence-electron chi connectivity index (χ4n) is 3.55. The van der Waals surface area contributed by atoms with Crippen LogP contribution in [0.1, 0.15) is 72.1 Å². The Morgan fingerprint density at radius 2 is 1.00 bits per heavy atom. The van der Waals surface area contributed by atoms with Gasteiger partial charge in [0.2, 0.25) is 0 Å². The van der Waals surface area contributed by atoms with Crippen molar-refractivity contribution >= 4 is 0 Å². The van der Waals surface area contributed by atoms with Gasteiger partial charge in [-0.15, -0.1) is 0 Å². The normalized spacial score (nSPS) is 11.8. The van der Waals surface area contributed by atoms with Crippen LogP contribution in [0.4, 0.5) is 0 Å². The van der Waals surface area contributed by atoms with Gasteiger partial charge >= 0.3 is 0 Å². The van der Waals surface area contributed by atoms with E-state index < -0.39 is 0 Å². The Labute approximate surface area is 168 Å². The molecule has 0 aromatic heterocycles. The van der Waals surface area contributed by atoms with Crippen LogP contribution in [0.3, 0.4) is 0 Å². The van der Waals surface area contributed by atoms with Crippen molar-refractivity contribution in [1.29, 1.82) is 0 Å². The Bertz CT molecular complexity index is 240. The number of aliphatic hydroxyl groups excluding tert-OH is 2. The lowest BCUT2D eigenvalue weighted by Crippen LogP contribution is -3.00. The molecule has 4 nitrogen and oxygen atoms in total. The van der Waals surface area contributed by atoms with Crippen LogP contribution in [-0.2, 0) is 0 Å². The summed E-state index contributed by atoms with van der Waals surface area (Å²) in [6, 6.07) is 0. The summed E-state index contributed by atoms with van der Waals surface area (Å²) >= 11 is 0. The van der Waals surface area contributed by atoms with Crippen molar-refractivity contribution in [2.75, 3.05) is 59.0 Å². The Kier molecular flexibility index (Phi) is 21.0. The third kappa shape index (κ3) is 14.1. The molecule has 2 N–H and O–H groups in total. The molecule has 0 aromatic rings. The maximum absolute atomic E-state index is 9.11. The SMILES string of the molecule is CCCC[N+](CCCC)(CCCC)CCCCN(CCO)CCO.[Br-]. The van der Waals surface area contributed by atoms with Gasteiger partial charge in [0.25, 0.3) is 0 Å². The van der Waals surface area contributed by atoms with E-state index >= 15 is 0 Å². The first-order chi connectivity index (χ1) is 11.7. The van der Waals surface area contributed by atoms with Crippen LogP contribution in [0, 0.1) is 0 Å². The molecule has 0 fully saturated rings. The average molecular weight is 425 g/mol. The smallest absolute Gasteiger partial charge is 0.0787 e. The number of aliphatic hydroxyl groups is 2. The minimum Gasteiger partial charge on any atom is -1.00 e. The van der Waals surface area contributed by atoms with E-state index in [2.05, 4.69) is 25.7 Å². The van der Waals surface area contributed by atoms with Gasteiger partial charge in [-0.05, 0) is 38.6 Å². The van der Waals surface area contributed by atoms with Gasteiger partial charge in [0.1, 0.15) is 0 Å². The maximum atomic E-state index is 9.11. The van der Waals surface area contributed by atoms with Gasteiger partial charge in [-0.25, -0.2) is 0 Å². The second-order valence-corrected chi connectivity index (χ2v) is 7.29. The van der Waals surface area contributed by atoms with Crippen LogP contribution >= 0.6 is 0 Å². The van der Waals surface area contributed by atoms with Crippen LogP contribution in [0.5, 0.6) is 0 Å². The Balaban J connectivity index is 0. The van der Waals surface area contributed by atoms with E-state index in [0.29, 0.717) is 13.1 Å². The van der Waals surface area contributed by atoms with Crippen molar-refractivity contribution in [3.63, 3.8) is 0 Å². The molecule has 0 saturated carbocycles. The van der Waals surface area contributed by atoms with Gasteiger partial charge in [0.05, 0.1) is 39.4 Å². The molecule has 0 bridgehead atoms. The predicted octanol–water partition coefficient (Wildman–Crippen LogP) is 0.274. The average Bonchev–Trinajstić information content (AvgIpc) is 2.59. The quantitative estimate of drug-likeness (QED) is 0.245. The molecule has 0 aliphatic heterocycles. The first-order valence-corrected chi connectivity index (χ1v) is 10.5. The molecule has 0 aliphatic rings. The van der Waals surface area contributed by atoms with E-state index in [9.17, 15) is 0 Å². The van der Waals surface area contributed by atoms with Crippen molar-refractivity contribution in [3.05, 3.63) is 0 Å². The third-order valence-corrected chi connectivity index (χ3v) is 5.15. The van der Waals surface area contributed by atoms with Gasteiger partial charge in [-0.2, -0.15) is 0 Å². The molecular formula is C20H45BrN2O2. The largest absolute Gasteiger partial charge is 1.00 e. The van der Waals surface area contributed by atoms with Crippen LogP contribution < -0.4 is 17.0 Å². The van der Waals surface area contributed by atoms with Gasteiger partial charge in [-0.3, -0.25) is 4.90 Å². The first kappa shape index (κ1) is 27.5. The summed E-state index contributed by atoms with van der Waals surface area (Å²) in [5.74, 6) is 0. The van der Waals surface area contributed by atoms with Crippen molar-refractivity contribution in [2.45, 2.75) is 72.1 Å². The minimum atomic E-state index is 0. The topological polar surface area (TPSA) is 43.7 Å². The lowest BCUT2D eigenvalue weighted by atomic mass is 10.1. The Morgan fingerprint density at radius 3 is 1.36 bits per heavy atom. The van der Waals surface area contributed by atoms with Gasteiger partial charge < -0.3 is 31.7 Å². The molecule has 0 heterocycles. The highest BCUT2D eigenvalue weighted by atomic mass is 79.9. The molecule has 0 radical (unpaired) electrons. The van der Waals surface area contributed by atoms with Crippen LogP contribution in [0.25, 0.3) is 0 Å². The zero-order valence-electron chi connectivity index (χ0n) is 17.2. The summed E-state index contributed by atoms with van der Waals surface area (Å²) in [6.45, 7) is 15.0. The van der Waals surface area contributed by atoms with Gasteiger partial charge in [0, 0.05) is 13.1 Å². The van der Waals surface area contributed by atoms with E-state index in [-0.39, 0.29) is 30.2 Å². The highest BCUT2D eigenvalue weighted by Gasteiger charge is 2.25. The molecule has 5 heteroatoms.